The predicted molar refractivity (Wildman–Crippen MR) is 175 cm³/mol. The molecule has 1 aliphatic rings. The SMILES string of the molecule is CC(C)(C)[Si](C)(C)OC[C@H]1O[C@@H](n2cnc3c(N=[N+]=[N-])ncnc32)[C@H](O[Si](C)(C)C(C)(C)C)[C@@H]1O[Si](C)(C)C(C)(C)C. The van der Waals surface area contributed by atoms with E-state index in [1.54, 1.807) is 6.33 Å². The smallest absolute Gasteiger partial charge is 0.192 e. The number of hydrogen-bond donors (Lipinski definition) is 0. The molecule has 1 aliphatic heterocycles. The van der Waals surface area contributed by atoms with E-state index in [1.165, 1.54) is 6.33 Å². The molecule has 2 aromatic heterocycles. The maximum absolute atomic E-state index is 9.07. The molecule has 0 amide bonds. The molecule has 0 spiro atoms. The van der Waals surface area contributed by atoms with Gasteiger partial charge in [-0.25, -0.2) is 15.0 Å². The van der Waals surface area contributed by atoms with Gasteiger partial charge >= 0.3 is 0 Å². The normalized spacial score (nSPS) is 22.9. The summed E-state index contributed by atoms with van der Waals surface area (Å²) in [7, 11) is -6.66. The monoisotopic (exact) mass is 635 g/mol. The van der Waals surface area contributed by atoms with E-state index >= 15 is 0 Å². The number of imidazole rings is 1. The highest BCUT2D eigenvalue weighted by Crippen LogP contribution is 2.47. The summed E-state index contributed by atoms with van der Waals surface area (Å²) in [6.07, 6.45) is 1.28. The Morgan fingerprint density at radius 2 is 1.36 bits per heavy atom. The molecule has 3 rings (SSSR count). The maximum Gasteiger partial charge on any atom is 0.192 e. The molecular formula is C28H53N7O4Si3. The van der Waals surface area contributed by atoms with Gasteiger partial charge in [0.25, 0.3) is 0 Å². The molecule has 11 nitrogen and oxygen atoms in total. The van der Waals surface area contributed by atoms with Crippen molar-refractivity contribution in [1.82, 2.24) is 19.5 Å². The average Bonchev–Trinajstić information content (AvgIpc) is 3.37. The molecule has 1 saturated heterocycles. The Balaban J connectivity index is 2.19. The highest BCUT2D eigenvalue weighted by molar-refractivity contribution is 6.75. The van der Waals surface area contributed by atoms with Crippen LogP contribution in [-0.2, 0) is 18.0 Å². The lowest BCUT2D eigenvalue weighted by atomic mass is 10.1. The first-order valence-electron chi connectivity index (χ1n) is 14.8. The zero-order valence-corrected chi connectivity index (χ0v) is 31.4. The quantitative estimate of drug-likeness (QED) is 0.117. The lowest BCUT2D eigenvalue weighted by Gasteiger charge is -2.44. The van der Waals surface area contributed by atoms with Gasteiger partial charge in [-0.15, -0.1) is 0 Å². The first-order valence-corrected chi connectivity index (χ1v) is 23.5. The third-order valence-corrected chi connectivity index (χ3v) is 23.4. The largest absolute Gasteiger partial charge is 0.414 e. The molecule has 0 saturated carbocycles. The summed E-state index contributed by atoms with van der Waals surface area (Å²) in [6, 6.07) is 0. The van der Waals surface area contributed by atoms with E-state index in [2.05, 4.69) is 127 Å². The van der Waals surface area contributed by atoms with Crippen molar-refractivity contribution in [3.63, 3.8) is 0 Å². The van der Waals surface area contributed by atoms with Crippen molar-refractivity contribution >= 4 is 41.9 Å². The van der Waals surface area contributed by atoms with Gasteiger partial charge in [0.2, 0.25) is 0 Å². The molecule has 236 valence electrons. The van der Waals surface area contributed by atoms with Gasteiger partial charge in [0.05, 0.1) is 12.9 Å². The van der Waals surface area contributed by atoms with Crippen LogP contribution < -0.4 is 0 Å². The Bertz CT molecular complexity index is 1310. The fourth-order valence-electron chi connectivity index (χ4n) is 4.02. The van der Waals surface area contributed by atoms with Crippen molar-refractivity contribution in [3.05, 3.63) is 23.1 Å². The first-order chi connectivity index (χ1) is 18.9. The number of azide groups is 1. The molecule has 0 bridgehead atoms. The van der Waals surface area contributed by atoms with Crippen molar-refractivity contribution in [3.8, 4) is 0 Å². The molecular weight excluding hydrogens is 583 g/mol. The second-order valence-electron chi connectivity index (χ2n) is 16.0. The molecule has 0 N–H and O–H groups in total. The van der Waals surface area contributed by atoms with Crippen LogP contribution in [0.3, 0.4) is 0 Å². The average molecular weight is 636 g/mol. The summed E-state index contributed by atoms with van der Waals surface area (Å²) in [5, 5.41) is 3.72. The standard InChI is InChI=1S/C28H53N7O4Si3/c1-26(2,3)40(10,11)36-16-19-21(38-41(12,13)27(4,5)6)22(39-42(14,15)28(7,8)9)25(37-19)35-18-32-20-23(33-34-29)30-17-31-24(20)35/h17-19,21-22,25H,16H2,1-15H3/t19-,21-,22-,25-/m1/s1. The van der Waals surface area contributed by atoms with Crippen LogP contribution >= 0.6 is 0 Å². The summed E-state index contributed by atoms with van der Waals surface area (Å²) in [5.41, 5.74) is 9.99. The topological polar surface area (TPSA) is 129 Å². The van der Waals surface area contributed by atoms with Crippen LogP contribution in [0.1, 0.15) is 68.5 Å². The fourth-order valence-corrected chi connectivity index (χ4v) is 7.63. The third-order valence-electron chi connectivity index (χ3n) is 9.93. The van der Waals surface area contributed by atoms with E-state index in [4.69, 9.17) is 23.5 Å². The van der Waals surface area contributed by atoms with E-state index in [0.717, 1.165) is 0 Å². The van der Waals surface area contributed by atoms with Crippen LogP contribution in [0.15, 0.2) is 17.8 Å². The minimum atomic E-state index is -2.31. The van der Waals surface area contributed by atoms with E-state index < -0.39 is 37.3 Å². The Hall–Kier alpha value is -1.65. The van der Waals surface area contributed by atoms with Crippen LogP contribution in [0.5, 0.6) is 0 Å². The molecule has 14 heteroatoms. The number of rotatable bonds is 9. The number of aromatic nitrogens is 4. The van der Waals surface area contributed by atoms with Gasteiger partial charge in [-0.3, -0.25) is 4.57 Å². The molecule has 0 aromatic carbocycles. The molecule has 4 atom stereocenters. The van der Waals surface area contributed by atoms with Crippen molar-refractivity contribution in [2.24, 2.45) is 5.11 Å². The van der Waals surface area contributed by atoms with Gasteiger partial charge < -0.3 is 18.0 Å². The second-order valence-corrected chi connectivity index (χ2v) is 30.4. The van der Waals surface area contributed by atoms with Gasteiger partial charge in [-0.05, 0) is 65.0 Å². The van der Waals surface area contributed by atoms with Crippen LogP contribution in [0, 0.1) is 0 Å². The van der Waals surface area contributed by atoms with Crippen LogP contribution in [0.25, 0.3) is 21.6 Å². The Morgan fingerprint density at radius 3 is 1.86 bits per heavy atom. The lowest BCUT2D eigenvalue weighted by molar-refractivity contribution is -0.0470. The molecule has 0 aliphatic carbocycles. The number of ether oxygens (including phenoxy) is 1. The van der Waals surface area contributed by atoms with Crippen molar-refractivity contribution in [2.45, 2.75) is 141 Å². The molecule has 0 unspecified atom stereocenters. The summed E-state index contributed by atoms with van der Waals surface area (Å²) < 4.78 is 30.0. The van der Waals surface area contributed by atoms with E-state index in [9.17, 15) is 0 Å². The fraction of sp³-hybridized carbons (Fsp3) is 0.821. The number of fused-ring (bicyclic) bond motifs is 1. The second kappa shape index (κ2) is 11.7. The van der Waals surface area contributed by atoms with Crippen molar-refractivity contribution < 1.29 is 18.0 Å². The van der Waals surface area contributed by atoms with Gasteiger partial charge in [0.15, 0.2) is 42.6 Å². The Labute approximate surface area is 255 Å². The summed E-state index contributed by atoms with van der Waals surface area (Å²) in [4.78, 5) is 16.1. The predicted octanol–water partition coefficient (Wildman–Crippen LogP) is 8.47. The highest BCUT2D eigenvalue weighted by Gasteiger charge is 2.55. The van der Waals surface area contributed by atoms with Gasteiger partial charge in [-0.1, -0.05) is 62.3 Å². The van der Waals surface area contributed by atoms with Gasteiger partial charge in [-0.2, -0.15) is 0 Å². The summed E-state index contributed by atoms with van der Waals surface area (Å²) in [5.74, 6) is 0.174. The summed E-state index contributed by atoms with van der Waals surface area (Å²) >= 11 is 0. The molecule has 1 fully saturated rings. The van der Waals surface area contributed by atoms with Crippen molar-refractivity contribution in [2.75, 3.05) is 6.61 Å². The summed E-state index contributed by atoms with van der Waals surface area (Å²) in [6.45, 7) is 34.1. The van der Waals surface area contributed by atoms with Crippen LogP contribution in [0.4, 0.5) is 5.82 Å². The Kier molecular flexibility index (Phi) is 9.70. The molecule has 3 heterocycles. The van der Waals surface area contributed by atoms with Gasteiger partial charge in [0, 0.05) is 4.91 Å². The maximum atomic E-state index is 9.07. The van der Waals surface area contributed by atoms with Gasteiger partial charge in [0.1, 0.15) is 30.2 Å². The zero-order chi connectivity index (χ0) is 32.1. The zero-order valence-electron chi connectivity index (χ0n) is 28.4. The molecule has 2 aromatic rings. The minimum Gasteiger partial charge on any atom is -0.414 e. The van der Waals surface area contributed by atoms with Crippen LogP contribution in [0.2, 0.25) is 54.4 Å². The molecule has 42 heavy (non-hydrogen) atoms. The number of nitrogens with zero attached hydrogens (tertiary/aromatic N) is 7. The lowest BCUT2D eigenvalue weighted by Crippen LogP contribution is -2.54. The third kappa shape index (κ3) is 7.01. The van der Waals surface area contributed by atoms with Crippen molar-refractivity contribution in [1.29, 1.82) is 0 Å². The van der Waals surface area contributed by atoms with E-state index in [0.29, 0.717) is 17.8 Å². The Morgan fingerprint density at radius 1 is 0.833 bits per heavy atom. The van der Waals surface area contributed by atoms with Crippen LogP contribution in [-0.4, -0.2) is 69.4 Å². The highest BCUT2D eigenvalue weighted by atomic mass is 28.4. The van der Waals surface area contributed by atoms with E-state index in [1.807, 2.05) is 4.57 Å². The molecule has 0 radical (unpaired) electrons. The minimum absolute atomic E-state index is 0.0173. The first kappa shape index (κ1) is 34.8. The number of hydrogen-bond acceptors (Lipinski definition) is 8. The van der Waals surface area contributed by atoms with E-state index in [-0.39, 0.29) is 33.1 Å².